The van der Waals surface area contributed by atoms with Crippen molar-refractivity contribution in [3.05, 3.63) is 87.9 Å². The van der Waals surface area contributed by atoms with Gasteiger partial charge in [0.25, 0.3) is 0 Å². The van der Waals surface area contributed by atoms with Crippen molar-refractivity contribution >= 4 is 29.3 Å². The number of fused-ring (bicyclic) bond motifs is 1. The van der Waals surface area contributed by atoms with Gasteiger partial charge in [0.1, 0.15) is 0 Å². The van der Waals surface area contributed by atoms with Crippen LogP contribution in [0, 0.1) is 0 Å². The molecule has 7 nitrogen and oxygen atoms in total. The average Bonchev–Trinajstić information content (AvgIpc) is 2.87. The van der Waals surface area contributed by atoms with Crippen LogP contribution in [0.1, 0.15) is 33.1 Å². The SMILES string of the molecule is COC(=O)c1ccccc1NC(=O)N1CCc2cc(OC)c(OC)cc2[C@@H]1c1ccccc1Cl. The van der Waals surface area contributed by atoms with Crippen LogP contribution in [0.2, 0.25) is 5.02 Å². The molecule has 0 unspecified atom stereocenters. The van der Waals surface area contributed by atoms with Crippen molar-refractivity contribution in [3.8, 4) is 11.5 Å². The number of nitrogens with zero attached hydrogens (tertiary/aromatic N) is 1. The summed E-state index contributed by atoms with van der Waals surface area (Å²) in [6, 6.07) is 17.2. The van der Waals surface area contributed by atoms with Crippen LogP contribution < -0.4 is 14.8 Å². The molecule has 0 bridgehead atoms. The Hall–Kier alpha value is -3.71. The Bertz CT molecular complexity index is 1230. The lowest BCUT2D eigenvalue weighted by molar-refractivity contribution is 0.0602. The van der Waals surface area contributed by atoms with Crippen molar-refractivity contribution in [1.82, 2.24) is 4.90 Å². The van der Waals surface area contributed by atoms with Crippen molar-refractivity contribution in [3.63, 3.8) is 0 Å². The third-order valence-corrected chi connectivity index (χ3v) is 6.25. The van der Waals surface area contributed by atoms with Crippen LogP contribution in [0.5, 0.6) is 11.5 Å². The molecule has 1 aliphatic heterocycles. The van der Waals surface area contributed by atoms with Gasteiger partial charge in [-0.2, -0.15) is 0 Å². The van der Waals surface area contributed by atoms with Gasteiger partial charge in [0.2, 0.25) is 0 Å². The first kappa shape index (κ1) is 23.4. The zero-order chi connectivity index (χ0) is 24.2. The number of amides is 2. The minimum absolute atomic E-state index is 0.274. The van der Waals surface area contributed by atoms with Crippen LogP contribution in [-0.4, -0.2) is 44.8 Å². The van der Waals surface area contributed by atoms with Crippen LogP contribution in [0.15, 0.2) is 60.7 Å². The predicted molar refractivity (Wildman–Crippen MR) is 130 cm³/mol. The second kappa shape index (κ2) is 10.1. The maximum atomic E-state index is 13.6. The molecule has 3 aromatic carbocycles. The standard InChI is InChI=1S/C26H25ClN2O5/c1-32-22-14-16-12-13-29(26(31)28-21-11-7-5-9-18(21)25(30)34-3)24(19(16)15-23(22)33-2)17-8-4-6-10-20(17)27/h4-11,14-15,24H,12-13H2,1-3H3,(H,28,31)/t24-/m0/s1. The van der Waals surface area contributed by atoms with Gasteiger partial charge >= 0.3 is 12.0 Å². The van der Waals surface area contributed by atoms with E-state index in [1.54, 1.807) is 49.5 Å². The predicted octanol–water partition coefficient (Wildman–Crippen LogP) is 5.32. The number of esters is 1. The molecule has 4 rings (SSSR count). The molecule has 0 radical (unpaired) electrons. The maximum Gasteiger partial charge on any atom is 0.339 e. The van der Waals surface area contributed by atoms with Crippen molar-refractivity contribution < 1.29 is 23.8 Å². The highest BCUT2D eigenvalue weighted by molar-refractivity contribution is 6.31. The minimum atomic E-state index is -0.528. The van der Waals surface area contributed by atoms with Crippen LogP contribution in [0.25, 0.3) is 0 Å². The van der Waals surface area contributed by atoms with Gasteiger partial charge in [0, 0.05) is 11.6 Å². The normalized spacial score (nSPS) is 14.7. The molecule has 1 N–H and O–H groups in total. The van der Waals surface area contributed by atoms with Crippen molar-refractivity contribution in [2.24, 2.45) is 0 Å². The number of carbonyl (C=O) groups is 2. The first-order valence-electron chi connectivity index (χ1n) is 10.7. The van der Waals surface area contributed by atoms with Crippen molar-refractivity contribution in [2.45, 2.75) is 12.5 Å². The van der Waals surface area contributed by atoms with E-state index in [0.717, 1.165) is 16.7 Å². The summed E-state index contributed by atoms with van der Waals surface area (Å²) in [6.45, 7) is 0.435. The number of nitrogens with one attached hydrogen (secondary N) is 1. The van der Waals surface area contributed by atoms with E-state index in [4.69, 9.17) is 25.8 Å². The Balaban J connectivity index is 1.78. The number of hydrogen-bond donors (Lipinski definition) is 1. The molecule has 176 valence electrons. The molecule has 0 aromatic heterocycles. The summed E-state index contributed by atoms with van der Waals surface area (Å²) < 4.78 is 15.9. The number of carbonyl (C=O) groups excluding carboxylic acids is 2. The van der Waals surface area contributed by atoms with Gasteiger partial charge in [-0.15, -0.1) is 0 Å². The average molecular weight is 481 g/mol. The molecular weight excluding hydrogens is 456 g/mol. The van der Waals surface area contributed by atoms with Gasteiger partial charge in [-0.3, -0.25) is 0 Å². The van der Waals surface area contributed by atoms with Gasteiger partial charge < -0.3 is 24.4 Å². The highest BCUT2D eigenvalue weighted by Crippen LogP contribution is 2.43. The lowest BCUT2D eigenvalue weighted by Gasteiger charge is -2.38. The number of benzene rings is 3. The molecule has 2 amide bonds. The molecule has 8 heteroatoms. The molecule has 0 spiro atoms. The Kier molecular flexibility index (Phi) is 6.93. The largest absolute Gasteiger partial charge is 0.493 e. The monoisotopic (exact) mass is 480 g/mol. The Morgan fingerprint density at radius 2 is 1.62 bits per heavy atom. The first-order chi connectivity index (χ1) is 16.5. The van der Waals surface area contributed by atoms with Crippen LogP contribution in [0.3, 0.4) is 0 Å². The van der Waals surface area contributed by atoms with Gasteiger partial charge in [-0.1, -0.05) is 41.9 Å². The highest BCUT2D eigenvalue weighted by atomic mass is 35.5. The fourth-order valence-electron chi connectivity index (χ4n) is 4.26. The van der Waals surface area contributed by atoms with Crippen LogP contribution in [-0.2, 0) is 11.2 Å². The van der Waals surface area contributed by atoms with Crippen LogP contribution >= 0.6 is 11.6 Å². The number of methoxy groups -OCH3 is 3. The number of halogens is 1. The summed E-state index contributed by atoms with van der Waals surface area (Å²) in [5, 5.41) is 3.43. The summed E-state index contributed by atoms with van der Waals surface area (Å²) in [4.78, 5) is 27.5. The molecule has 0 saturated carbocycles. The fraction of sp³-hybridized carbons (Fsp3) is 0.231. The molecule has 1 heterocycles. The molecule has 0 fully saturated rings. The number of urea groups is 1. The Morgan fingerprint density at radius 3 is 2.32 bits per heavy atom. The molecule has 1 atom stereocenters. The van der Waals surface area contributed by atoms with Crippen molar-refractivity contribution in [1.29, 1.82) is 0 Å². The van der Waals surface area contributed by atoms with E-state index in [1.807, 2.05) is 30.3 Å². The summed E-state index contributed by atoms with van der Waals surface area (Å²) in [7, 11) is 4.47. The smallest absolute Gasteiger partial charge is 0.339 e. The lowest BCUT2D eigenvalue weighted by atomic mass is 9.87. The quantitative estimate of drug-likeness (QED) is 0.500. The van der Waals surface area contributed by atoms with Crippen molar-refractivity contribution in [2.75, 3.05) is 33.2 Å². The summed E-state index contributed by atoms with van der Waals surface area (Å²) >= 11 is 6.60. The zero-order valence-electron chi connectivity index (χ0n) is 19.1. The van der Waals surface area contributed by atoms with Gasteiger partial charge in [-0.05, 0) is 53.4 Å². The van der Waals surface area contributed by atoms with Gasteiger partial charge in [0.05, 0.1) is 38.6 Å². The van der Waals surface area contributed by atoms with E-state index in [1.165, 1.54) is 7.11 Å². The topological polar surface area (TPSA) is 77.1 Å². The third kappa shape index (κ3) is 4.39. The Labute approximate surface area is 203 Å². The van der Waals surface area contributed by atoms with Crippen LogP contribution in [0.4, 0.5) is 10.5 Å². The molecular formula is C26H25ClN2O5. The summed E-state index contributed by atoms with van der Waals surface area (Å²) in [6.07, 6.45) is 0.614. The third-order valence-electron chi connectivity index (χ3n) is 5.91. The molecule has 0 saturated heterocycles. The number of para-hydroxylation sites is 1. The van der Waals surface area contributed by atoms with Gasteiger partial charge in [-0.25, -0.2) is 9.59 Å². The maximum absolute atomic E-state index is 13.6. The summed E-state index contributed by atoms with van der Waals surface area (Å²) in [5.41, 5.74) is 3.37. The second-order valence-corrected chi connectivity index (χ2v) is 8.15. The molecule has 0 aliphatic carbocycles. The lowest BCUT2D eigenvalue weighted by Crippen LogP contribution is -2.43. The van der Waals surface area contributed by atoms with E-state index < -0.39 is 12.0 Å². The van der Waals surface area contributed by atoms with E-state index >= 15 is 0 Å². The fourth-order valence-corrected chi connectivity index (χ4v) is 4.50. The van der Waals surface area contributed by atoms with Gasteiger partial charge in [0.15, 0.2) is 11.5 Å². The minimum Gasteiger partial charge on any atom is -0.493 e. The first-order valence-corrected chi connectivity index (χ1v) is 11.1. The molecule has 34 heavy (non-hydrogen) atoms. The molecule has 3 aromatic rings. The zero-order valence-corrected chi connectivity index (χ0v) is 19.9. The summed E-state index contributed by atoms with van der Waals surface area (Å²) in [5.74, 6) is 0.667. The second-order valence-electron chi connectivity index (χ2n) is 7.74. The number of anilines is 1. The van der Waals surface area contributed by atoms with E-state index in [-0.39, 0.29) is 11.6 Å². The number of ether oxygens (including phenoxy) is 3. The Morgan fingerprint density at radius 1 is 0.941 bits per heavy atom. The number of rotatable bonds is 5. The number of hydrogen-bond acceptors (Lipinski definition) is 5. The highest BCUT2D eigenvalue weighted by Gasteiger charge is 2.35. The van der Waals surface area contributed by atoms with E-state index in [9.17, 15) is 9.59 Å². The van der Waals surface area contributed by atoms with E-state index in [0.29, 0.717) is 35.2 Å². The van der Waals surface area contributed by atoms with E-state index in [2.05, 4.69) is 5.32 Å². The molecule has 1 aliphatic rings.